The highest BCUT2D eigenvalue weighted by molar-refractivity contribution is 8.00. The number of methoxy groups -OCH3 is 2. The van der Waals surface area contributed by atoms with Gasteiger partial charge in [-0.1, -0.05) is 42.5 Å². The van der Waals surface area contributed by atoms with Crippen molar-refractivity contribution in [2.45, 2.75) is 30.9 Å². The molecule has 1 heterocycles. The fourth-order valence-electron chi connectivity index (χ4n) is 5.33. The number of nitrogens with one attached hydrogen (secondary N) is 4. The molecule has 0 saturated carbocycles. The normalized spacial score (nSPS) is 11.5. The molecular weight excluding hydrogens is 753 g/mol. The first-order chi connectivity index (χ1) is 27.0. The number of benzene rings is 4. The fourth-order valence-corrected chi connectivity index (χ4v) is 7.35. The zero-order chi connectivity index (χ0) is 40.2. The maximum absolute atomic E-state index is 13.8. The smallest absolute Gasteiger partial charge is 0.341 e. The predicted molar refractivity (Wildman–Crippen MR) is 220 cm³/mol. The molecule has 288 valence electrons. The molecule has 56 heavy (non-hydrogen) atoms. The average Bonchev–Trinajstić information content (AvgIpc) is 3.53. The van der Waals surface area contributed by atoms with Crippen LogP contribution >= 0.6 is 23.1 Å². The first kappa shape index (κ1) is 40.8. The minimum absolute atomic E-state index is 0.0476. The van der Waals surface area contributed by atoms with E-state index in [2.05, 4.69) is 21.3 Å². The summed E-state index contributed by atoms with van der Waals surface area (Å²) in [7, 11) is 3.02. The van der Waals surface area contributed by atoms with Crippen molar-refractivity contribution in [1.82, 2.24) is 5.32 Å². The maximum atomic E-state index is 13.8. The van der Waals surface area contributed by atoms with Crippen molar-refractivity contribution in [2.75, 3.05) is 36.8 Å². The summed E-state index contributed by atoms with van der Waals surface area (Å²) in [5.74, 6) is -1.62. The summed E-state index contributed by atoms with van der Waals surface area (Å²) >= 11 is 2.20. The van der Waals surface area contributed by atoms with Crippen LogP contribution in [0.3, 0.4) is 0 Å². The standard InChI is InChI=1S/C42H40N4O8S2/c1-6-54-42(51)35-25(2)36(40(50)43-29-16-11-8-12-17-29)56-41(35)46-37(47)26(3)55-32-19-13-18-30(23-32)44-39(49)33(45-38(48)27-14-9-7-10-15-27)22-28-20-21-31(52-4)24-34(28)53-5/h7-24,26H,6H2,1-5H3,(H,43,50)(H,44,49)(H,45,48)(H,46,47)/b33-22+. The fraction of sp³-hybridized carbons (Fsp3) is 0.167. The molecule has 4 amide bonds. The van der Waals surface area contributed by atoms with Crippen molar-refractivity contribution in [2.24, 2.45) is 0 Å². The van der Waals surface area contributed by atoms with Gasteiger partial charge in [0.2, 0.25) is 5.91 Å². The van der Waals surface area contributed by atoms with E-state index in [1.807, 2.05) is 6.07 Å². The lowest BCUT2D eigenvalue weighted by atomic mass is 10.1. The molecule has 4 aromatic carbocycles. The number of thioether (sulfide) groups is 1. The second-order valence-corrected chi connectivity index (χ2v) is 14.5. The van der Waals surface area contributed by atoms with Gasteiger partial charge < -0.3 is 35.5 Å². The van der Waals surface area contributed by atoms with E-state index < -0.39 is 34.8 Å². The maximum Gasteiger partial charge on any atom is 0.341 e. The van der Waals surface area contributed by atoms with Crippen LogP contribution in [0, 0.1) is 6.92 Å². The first-order valence-electron chi connectivity index (χ1n) is 17.4. The van der Waals surface area contributed by atoms with Crippen LogP contribution in [0.5, 0.6) is 11.5 Å². The third-order valence-electron chi connectivity index (χ3n) is 8.14. The van der Waals surface area contributed by atoms with Crippen LogP contribution < -0.4 is 30.7 Å². The van der Waals surface area contributed by atoms with Gasteiger partial charge in [0, 0.05) is 33.5 Å². The van der Waals surface area contributed by atoms with Crippen LogP contribution in [0.2, 0.25) is 0 Å². The molecule has 14 heteroatoms. The molecule has 5 aromatic rings. The third-order valence-corrected chi connectivity index (χ3v) is 10.4. The summed E-state index contributed by atoms with van der Waals surface area (Å²) in [6.45, 7) is 5.11. The number of hydrogen-bond acceptors (Lipinski definition) is 10. The summed E-state index contributed by atoms with van der Waals surface area (Å²) in [6.07, 6.45) is 1.51. The van der Waals surface area contributed by atoms with E-state index in [1.54, 1.807) is 118 Å². The van der Waals surface area contributed by atoms with E-state index in [0.717, 1.165) is 11.3 Å². The van der Waals surface area contributed by atoms with Gasteiger partial charge in [-0.15, -0.1) is 23.1 Å². The quantitative estimate of drug-likeness (QED) is 0.0467. The van der Waals surface area contributed by atoms with Gasteiger partial charge in [0.1, 0.15) is 22.2 Å². The van der Waals surface area contributed by atoms with Crippen molar-refractivity contribution < 1.29 is 38.2 Å². The first-order valence-corrected chi connectivity index (χ1v) is 19.1. The van der Waals surface area contributed by atoms with Gasteiger partial charge in [-0.2, -0.15) is 0 Å². The van der Waals surface area contributed by atoms with Crippen LogP contribution in [0.25, 0.3) is 6.08 Å². The van der Waals surface area contributed by atoms with Crippen molar-refractivity contribution in [3.63, 3.8) is 0 Å². The van der Waals surface area contributed by atoms with E-state index in [-0.39, 0.29) is 27.7 Å². The third kappa shape index (κ3) is 10.4. The van der Waals surface area contributed by atoms with Crippen LogP contribution in [0.15, 0.2) is 114 Å². The summed E-state index contributed by atoms with van der Waals surface area (Å²) in [5.41, 5.74) is 2.32. The molecule has 1 atom stereocenters. The Morgan fingerprint density at radius 3 is 2.16 bits per heavy atom. The molecule has 0 radical (unpaired) electrons. The second kappa shape index (κ2) is 19.3. The Balaban J connectivity index is 1.33. The number of rotatable bonds is 15. The van der Waals surface area contributed by atoms with E-state index in [0.29, 0.717) is 44.5 Å². The summed E-state index contributed by atoms with van der Waals surface area (Å²) < 4.78 is 16.1. The number of thiophene rings is 1. The zero-order valence-electron chi connectivity index (χ0n) is 31.3. The number of esters is 1. The highest BCUT2D eigenvalue weighted by Gasteiger charge is 2.28. The molecule has 1 aromatic heterocycles. The Bertz CT molecular complexity index is 2260. The molecule has 0 saturated heterocycles. The molecule has 4 N–H and O–H groups in total. The lowest BCUT2D eigenvalue weighted by Gasteiger charge is -2.15. The molecular formula is C42H40N4O8S2. The lowest BCUT2D eigenvalue weighted by molar-refractivity contribution is -0.115. The zero-order valence-corrected chi connectivity index (χ0v) is 32.9. The monoisotopic (exact) mass is 792 g/mol. The molecule has 0 fully saturated rings. The van der Waals surface area contributed by atoms with Crippen molar-refractivity contribution >= 4 is 75.1 Å². The van der Waals surface area contributed by atoms with Gasteiger partial charge in [-0.05, 0) is 87.0 Å². The number of hydrogen-bond donors (Lipinski definition) is 4. The molecule has 1 unspecified atom stereocenters. The van der Waals surface area contributed by atoms with Gasteiger partial charge in [-0.3, -0.25) is 19.2 Å². The van der Waals surface area contributed by atoms with Crippen molar-refractivity contribution in [1.29, 1.82) is 0 Å². The lowest BCUT2D eigenvalue weighted by Crippen LogP contribution is -2.30. The average molecular weight is 793 g/mol. The van der Waals surface area contributed by atoms with Gasteiger partial charge in [0.25, 0.3) is 17.7 Å². The number of anilines is 3. The summed E-state index contributed by atoms with van der Waals surface area (Å²) in [4.78, 5) is 67.6. The Kier molecular flexibility index (Phi) is 14.0. The van der Waals surface area contributed by atoms with Crippen LogP contribution in [-0.4, -0.2) is 55.7 Å². The molecule has 0 aliphatic rings. The van der Waals surface area contributed by atoms with Crippen LogP contribution in [-0.2, 0) is 14.3 Å². The SMILES string of the molecule is CCOC(=O)c1c(NC(=O)C(C)Sc2cccc(NC(=O)/C(=C\c3ccc(OC)cc3OC)NC(=O)c3ccccc3)c2)sc(C(=O)Nc2ccccc2)c1C. The van der Waals surface area contributed by atoms with Gasteiger partial charge in [-0.25, -0.2) is 4.79 Å². The topological polar surface area (TPSA) is 161 Å². The minimum atomic E-state index is -0.678. The second-order valence-electron chi connectivity index (χ2n) is 12.0. The van der Waals surface area contributed by atoms with E-state index in [9.17, 15) is 24.0 Å². The number of ether oxygens (including phenoxy) is 3. The number of para-hydroxylation sites is 1. The largest absolute Gasteiger partial charge is 0.497 e. The molecule has 5 rings (SSSR count). The summed E-state index contributed by atoms with van der Waals surface area (Å²) in [5, 5.41) is 10.7. The Labute approximate surface area is 332 Å². The molecule has 0 aliphatic carbocycles. The van der Waals surface area contributed by atoms with Crippen LogP contribution in [0.1, 0.15) is 55.4 Å². The Hall–Kier alpha value is -6.38. The van der Waals surface area contributed by atoms with E-state index in [4.69, 9.17) is 14.2 Å². The Morgan fingerprint density at radius 2 is 1.48 bits per heavy atom. The van der Waals surface area contributed by atoms with E-state index in [1.165, 1.54) is 32.1 Å². The Morgan fingerprint density at radius 1 is 0.786 bits per heavy atom. The van der Waals surface area contributed by atoms with Crippen molar-refractivity contribution in [3.8, 4) is 11.5 Å². The van der Waals surface area contributed by atoms with Gasteiger partial charge >= 0.3 is 5.97 Å². The van der Waals surface area contributed by atoms with Crippen LogP contribution in [0.4, 0.5) is 16.4 Å². The van der Waals surface area contributed by atoms with E-state index >= 15 is 0 Å². The minimum Gasteiger partial charge on any atom is -0.497 e. The molecule has 0 bridgehead atoms. The number of carbonyl (C=O) groups excluding carboxylic acids is 5. The number of carbonyl (C=O) groups is 5. The molecule has 0 aliphatic heterocycles. The highest BCUT2D eigenvalue weighted by Crippen LogP contribution is 2.36. The summed E-state index contributed by atoms with van der Waals surface area (Å²) in [6, 6.07) is 29.4. The predicted octanol–water partition coefficient (Wildman–Crippen LogP) is 8.03. The van der Waals surface area contributed by atoms with Gasteiger partial charge in [0.05, 0.1) is 36.5 Å². The number of amides is 4. The molecule has 0 spiro atoms. The van der Waals surface area contributed by atoms with Crippen molar-refractivity contribution in [3.05, 3.63) is 136 Å². The molecule has 12 nitrogen and oxygen atoms in total. The highest BCUT2D eigenvalue weighted by atomic mass is 32.2. The van der Waals surface area contributed by atoms with Gasteiger partial charge in [0.15, 0.2) is 0 Å².